The van der Waals surface area contributed by atoms with Gasteiger partial charge in [0.05, 0.1) is 16.8 Å². The van der Waals surface area contributed by atoms with Crippen molar-refractivity contribution in [3.63, 3.8) is 0 Å². The van der Waals surface area contributed by atoms with Gasteiger partial charge >= 0.3 is 5.97 Å². The zero-order valence-corrected chi connectivity index (χ0v) is 14.5. The van der Waals surface area contributed by atoms with Gasteiger partial charge in [-0.2, -0.15) is 0 Å². The SMILES string of the molecule is CCC(=O)Nc1cc(SC(C)C(=O)OC(C)C)c(Cl)cc1F. The van der Waals surface area contributed by atoms with Gasteiger partial charge in [-0.3, -0.25) is 9.59 Å². The highest BCUT2D eigenvalue weighted by atomic mass is 35.5. The van der Waals surface area contributed by atoms with E-state index in [1.165, 1.54) is 6.07 Å². The molecule has 1 aromatic carbocycles. The van der Waals surface area contributed by atoms with Crippen LogP contribution in [-0.2, 0) is 14.3 Å². The number of halogens is 2. The smallest absolute Gasteiger partial charge is 0.319 e. The van der Waals surface area contributed by atoms with Gasteiger partial charge in [0.2, 0.25) is 5.91 Å². The van der Waals surface area contributed by atoms with Crippen LogP contribution in [0.15, 0.2) is 17.0 Å². The van der Waals surface area contributed by atoms with E-state index in [0.717, 1.165) is 17.8 Å². The fourth-order valence-corrected chi connectivity index (χ4v) is 2.69. The molecule has 0 bridgehead atoms. The van der Waals surface area contributed by atoms with Crippen molar-refractivity contribution in [3.8, 4) is 0 Å². The molecule has 0 aliphatic rings. The molecule has 122 valence electrons. The Bertz CT molecular complexity index is 566. The lowest BCUT2D eigenvalue weighted by Crippen LogP contribution is -2.20. The number of carbonyl (C=O) groups is 2. The molecule has 1 aromatic rings. The van der Waals surface area contributed by atoms with Crippen LogP contribution in [0.4, 0.5) is 10.1 Å². The predicted octanol–water partition coefficient (Wildman–Crippen LogP) is 4.26. The molecular formula is C15H19ClFNO3S. The lowest BCUT2D eigenvalue weighted by molar-refractivity contribution is -0.146. The minimum absolute atomic E-state index is 0.0446. The summed E-state index contributed by atoms with van der Waals surface area (Å²) in [6.07, 6.45) is 0.0282. The van der Waals surface area contributed by atoms with Crippen LogP contribution in [-0.4, -0.2) is 23.2 Å². The van der Waals surface area contributed by atoms with Crippen molar-refractivity contribution in [1.82, 2.24) is 0 Å². The molecule has 0 aromatic heterocycles. The number of anilines is 1. The van der Waals surface area contributed by atoms with E-state index in [2.05, 4.69) is 5.32 Å². The Labute approximate surface area is 138 Å². The summed E-state index contributed by atoms with van der Waals surface area (Å²) in [5, 5.41) is 2.14. The Morgan fingerprint density at radius 2 is 2.00 bits per heavy atom. The number of benzene rings is 1. The second kappa shape index (κ2) is 8.39. The Morgan fingerprint density at radius 3 is 2.55 bits per heavy atom. The zero-order valence-electron chi connectivity index (χ0n) is 12.9. The number of hydrogen-bond donors (Lipinski definition) is 1. The number of amides is 1. The molecule has 1 N–H and O–H groups in total. The van der Waals surface area contributed by atoms with Crippen LogP contribution < -0.4 is 5.32 Å². The highest BCUT2D eigenvalue weighted by molar-refractivity contribution is 8.00. The van der Waals surface area contributed by atoms with E-state index < -0.39 is 11.1 Å². The predicted molar refractivity (Wildman–Crippen MR) is 86.9 cm³/mol. The summed E-state index contributed by atoms with van der Waals surface area (Å²) in [5.74, 6) is -1.29. The average Bonchev–Trinajstić information content (AvgIpc) is 2.42. The van der Waals surface area contributed by atoms with Crippen molar-refractivity contribution in [2.24, 2.45) is 0 Å². The largest absolute Gasteiger partial charge is 0.462 e. The van der Waals surface area contributed by atoms with Crippen molar-refractivity contribution in [1.29, 1.82) is 0 Å². The van der Waals surface area contributed by atoms with E-state index >= 15 is 0 Å². The summed E-state index contributed by atoms with van der Waals surface area (Å²) in [6.45, 7) is 6.87. The topological polar surface area (TPSA) is 55.4 Å². The maximum atomic E-state index is 13.8. The number of ether oxygens (including phenoxy) is 1. The van der Waals surface area contributed by atoms with Crippen molar-refractivity contribution >= 4 is 40.9 Å². The molecule has 0 saturated heterocycles. The second-order valence-electron chi connectivity index (χ2n) is 4.91. The molecule has 4 nitrogen and oxygen atoms in total. The van der Waals surface area contributed by atoms with Crippen molar-refractivity contribution < 1.29 is 18.7 Å². The molecule has 1 unspecified atom stereocenters. The summed E-state index contributed by atoms with van der Waals surface area (Å²) in [7, 11) is 0. The maximum absolute atomic E-state index is 13.8. The second-order valence-corrected chi connectivity index (χ2v) is 6.70. The van der Waals surface area contributed by atoms with Gasteiger partial charge in [0.25, 0.3) is 0 Å². The molecule has 7 heteroatoms. The minimum atomic E-state index is -0.617. The Hall–Kier alpha value is -1.27. The monoisotopic (exact) mass is 347 g/mol. The number of thioether (sulfide) groups is 1. The first-order chi connectivity index (χ1) is 10.2. The molecular weight excluding hydrogens is 329 g/mol. The third-order valence-corrected chi connectivity index (χ3v) is 4.17. The van der Waals surface area contributed by atoms with Crippen LogP contribution in [0.1, 0.15) is 34.1 Å². The number of rotatable bonds is 6. The van der Waals surface area contributed by atoms with E-state index in [-0.39, 0.29) is 35.1 Å². The summed E-state index contributed by atoms with van der Waals surface area (Å²) >= 11 is 7.15. The van der Waals surface area contributed by atoms with E-state index in [0.29, 0.717) is 4.90 Å². The first-order valence-corrected chi connectivity index (χ1v) is 8.16. The van der Waals surface area contributed by atoms with Gasteiger partial charge in [-0.05, 0) is 32.9 Å². The van der Waals surface area contributed by atoms with Gasteiger partial charge < -0.3 is 10.1 Å². The first kappa shape index (κ1) is 18.8. The molecule has 0 radical (unpaired) electrons. The Morgan fingerprint density at radius 1 is 1.36 bits per heavy atom. The van der Waals surface area contributed by atoms with E-state index in [1.54, 1.807) is 27.7 Å². The number of esters is 1. The molecule has 1 amide bonds. The molecule has 0 fully saturated rings. The summed E-state index contributed by atoms with van der Waals surface area (Å²) in [6, 6.07) is 2.55. The number of carbonyl (C=O) groups excluding carboxylic acids is 2. The summed E-state index contributed by atoms with van der Waals surface area (Å²) in [4.78, 5) is 23.7. The molecule has 22 heavy (non-hydrogen) atoms. The quantitative estimate of drug-likeness (QED) is 0.617. The van der Waals surface area contributed by atoms with E-state index in [1.807, 2.05) is 0 Å². The van der Waals surface area contributed by atoms with Crippen LogP contribution in [0.25, 0.3) is 0 Å². The van der Waals surface area contributed by atoms with Crippen LogP contribution in [0.2, 0.25) is 5.02 Å². The number of nitrogens with one attached hydrogen (secondary N) is 1. The maximum Gasteiger partial charge on any atom is 0.319 e. The zero-order chi connectivity index (χ0) is 16.9. The van der Waals surface area contributed by atoms with Gasteiger partial charge in [-0.15, -0.1) is 11.8 Å². The Kier molecular flexibility index (Phi) is 7.16. The van der Waals surface area contributed by atoms with Crippen LogP contribution in [0.5, 0.6) is 0 Å². The number of hydrogen-bond acceptors (Lipinski definition) is 4. The standard InChI is InChI=1S/C15H19ClFNO3S/c1-5-14(19)18-12-7-13(10(16)6-11(12)17)22-9(4)15(20)21-8(2)3/h6-9H,5H2,1-4H3,(H,18,19). The summed E-state index contributed by atoms with van der Waals surface area (Å²) in [5.41, 5.74) is 0.0446. The van der Waals surface area contributed by atoms with Gasteiger partial charge in [0.15, 0.2) is 0 Å². The Balaban J connectivity index is 2.92. The lowest BCUT2D eigenvalue weighted by Gasteiger charge is -2.15. The fraction of sp³-hybridized carbons (Fsp3) is 0.467. The molecule has 1 atom stereocenters. The van der Waals surface area contributed by atoms with E-state index in [9.17, 15) is 14.0 Å². The van der Waals surface area contributed by atoms with Crippen LogP contribution in [0.3, 0.4) is 0 Å². The molecule has 0 aliphatic carbocycles. The fourth-order valence-electron chi connectivity index (χ4n) is 1.52. The van der Waals surface area contributed by atoms with Crippen LogP contribution >= 0.6 is 23.4 Å². The lowest BCUT2D eigenvalue weighted by atomic mass is 10.3. The molecule has 1 rings (SSSR count). The highest BCUT2D eigenvalue weighted by Gasteiger charge is 2.20. The third kappa shape index (κ3) is 5.50. The van der Waals surface area contributed by atoms with Crippen molar-refractivity contribution in [2.75, 3.05) is 5.32 Å². The highest BCUT2D eigenvalue weighted by Crippen LogP contribution is 2.34. The first-order valence-electron chi connectivity index (χ1n) is 6.90. The van der Waals surface area contributed by atoms with Crippen LogP contribution in [0, 0.1) is 5.82 Å². The summed E-state index contributed by atoms with van der Waals surface area (Å²) < 4.78 is 18.9. The molecule has 0 saturated carbocycles. The normalized spacial score (nSPS) is 12.1. The average molecular weight is 348 g/mol. The van der Waals surface area contributed by atoms with Gasteiger partial charge in [-0.1, -0.05) is 18.5 Å². The molecule has 0 aliphatic heterocycles. The molecule has 0 heterocycles. The van der Waals surface area contributed by atoms with E-state index in [4.69, 9.17) is 16.3 Å². The van der Waals surface area contributed by atoms with Crippen molar-refractivity contribution in [3.05, 3.63) is 23.0 Å². The van der Waals surface area contributed by atoms with Gasteiger partial charge in [0, 0.05) is 11.3 Å². The third-order valence-electron chi connectivity index (χ3n) is 2.60. The minimum Gasteiger partial charge on any atom is -0.462 e. The van der Waals surface area contributed by atoms with Crippen molar-refractivity contribution in [2.45, 2.75) is 50.4 Å². The van der Waals surface area contributed by atoms with Gasteiger partial charge in [-0.25, -0.2) is 4.39 Å². The molecule has 0 spiro atoms. The van der Waals surface area contributed by atoms with Gasteiger partial charge in [0.1, 0.15) is 11.1 Å².